The number of sulfonamides is 1. The summed E-state index contributed by atoms with van der Waals surface area (Å²) in [6, 6.07) is 4.74. The van der Waals surface area contributed by atoms with E-state index in [1.54, 1.807) is 17.5 Å². The molecule has 8 heteroatoms. The highest BCUT2D eigenvalue weighted by atomic mass is 79.9. The lowest BCUT2D eigenvalue weighted by atomic mass is 10.4. The zero-order valence-electron chi connectivity index (χ0n) is 8.22. The number of pyridine rings is 1. The number of nitrogens with one attached hydrogen (secondary N) is 1. The summed E-state index contributed by atoms with van der Waals surface area (Å²) >= 11 is 10.1. The van der Waals surface area contributed by atoms with E-state index in [9.17, 15) is 8.42 Å². The number of hydrogen-bond acceptors (Lipinski definition) is 4. The molecule has 0 saturated heterocycles. The summed E-state index contributed by atoms with van der Waals surface area (Å²) in [5, 5.41) is 1.79. The second kappa shape index (κ2) is 4.93. The molecule has 0 unspecified atom stereocenters. The lowest BCUT2D eigenvalue weighted by Crippen LogP contribution is -2.12. The zero-order valence-corrected chi connectivity index (χ0v) is 12.2. The molecule has 0 fully saturated rings. The minimum Gasteiger partial charge on any atom is -0.276 e. The van der Waals surface area contributed by atoms with E-state index in [4.69, 9.17) is 11.6 Å². The van der Waals surface area contributed by atoms with Crippen LogP contribution in [-0.2, 0) is 10.0 Å². The molecule has 2 rings (SSSR count). The van der Waals surface area contributed by atoms with Crippen molar-refractivity contribution in [1.29, 1.82) is 0 Å². The van der Waals surface area contributed by atoms with Crippen molar-refractivity contribution >= 4 is 54.6 Å². The fourth-order valence-corrected chi connectivity index (χ4v) is 3.69. The van der Waals surface area contributed by atoms with Gasteiger partial charge in [0.15, 0.2) is 5.15 Å². The number of hydrogen-bond donors (Lipinski definition) is 1. The van der Waals surface area contributed by atoms with E-state index in [0.29, 0.717) is 4.47 Å². The quantitative estimate of drug-likeness (QED) is 0.861. The van der Waals surface area contributed by atoms with Gasteiger partial charge in [-0.2, -0.15) is 0 Å². The van der Waals surface area contributed by atoms with Crippen LogP contribution >= 0.6 is 38.9 Å². The van der Waals surface area contributed by atoms with Crippen molar-refractivity contribution in [2.45, 2.75) is 4.21 Å². The highest BCUT2D eigenvalue weighted by Crippen LogP contribution is 2.26. The molecule has 0 aliphatic heterocycles. The van der Waals surface area contributed by atoms with E-state index in [1.807, 2.05) is 0 Å². The Hall–Kier alpha value is -0.630. The maximum Gasteiger partial charge on any atom is 0.271 e. The molecule has 90 valence electrons. The number of anilines is 1. The SMILES string of the molecule is O=S(=O)(Nc1cc(Br)cnc1Cl)c1cccs1. The average Bonchev–Trinajstić information content (AvgIpc) is 2.77. The van der Waals surface area contributed by atoms with Crippen LogP contribution in [0.15, 0.2) is 38.5 Å². The fraction of sp³-hybridized carbons (Fsp3) is 0. The van der Waals surface area contributed by atoms with Crippen molar-refractivity contribution in [3.05, 3.63) is 39.4 Å². The largest absolute Gasteiger partial charge is 0.276 e. The summed E-state index contributed by atoms with van der Waals surface area (Å²) < 4.78 is 27.1. The van der Waals surface area contributed by atoms with E-state index in [0.717, 1.165) is 11.3 Å². The minimum atomic E-state index is -3.59. The highest BCUT2D eigenvalue weighted by molar-refractivity contribution is 9.10. The number of aromatic nitrogens is 1. The predicted molar refractivity (Wildman–Crippen MR) is 72.1 cm³/mol. The van der Waals surface area contributed by atoms with E-state index >= 15 is 0 Å². The Bertz CT molecular complexity index is 628. The first-order valence-corrected chi connectivity index (χ1v) is 7.90. The first-order chi connectivity index (χ1) is 7.99. The Morgan fingerprint density at radius 3 is 2.88 bits per heavy atom. The van der Waals surface area contributed by atoms with Gasteiger partial charge in [-0.25, -0.2) is 13.4 Å². The van der Waals surface area contributed by atoms with Gasteiger partial charge in [-0.05, 0) is 33.4 Å². The van der Waals surface area contributed by atoms with Crippen LogP contribution in [0.3, 0.4) is 0 Å². The molecule has 0 spiro atoms. The first kappa shape index (κ1) is 12.8. The molecule has 0 aliphatic rings. The van der Waals surface area contributed by atoms with Crippen LogP contribution in [0.2, 0.25) is 5.15 Å². The number of rotatable bonds is 3. The van der Waals surface area contributed by atoms with Crippen molar-refractivity contribution in [3.8, 4) is 0 Å². The van der Waals surface area contributed by atoms with Crippen molar-refractivity contribution in [1.82, 2.24) is 4.98 Å². The van der Waals surface area contributed by atoms with E-state index in [1.165, 1.54) is 12.3 Å². The molecule has 0 bridgehead atoms. The summed E-state index contributed by atoms with van der Waals surface area (Å²) in [4.78, 5) is 3.84. The summed E-state index contributed by atoms with van der Waals surface area (Å²) in [7, 11) is -3.59. The van der Waals surface area contributed by atoms with Crippen LogP contribution in [0.4, 0.5) is 5.69 Å². The Morgan fingerprint density at radius 2 is 2.24 bits per heavy atom. The lowest BCUT2D eigenvalue weighted by molar-refractivity contribution is 0.603. The second-order valence-electron chi connectivity index (χ2n) is 3.03. The summed E-state index contributed by atoms with van der Waals surface area (Å²) in [6.07, 6.45) is 1.49. The third-order valence-corrected chi connectivity index (χ3v) is 5.31. The van der Waals surface area contributed by atoms with Gasteiger partial charge in [0.05, 0.1) is 5.69 Å². The monoisotopic (exact) mass is 352 g/mol. The Labute approximate surface area is 116 Å². The summed E-state index contributed by atoms with van der Waals surface area (Å²) in [5.41, 5.74) is 0.245. The van der Waals surface area contributed by atoms with Crippen molar-refractivity contribution in [2.75, 3.05) is 4.72 Å². The zero-order chi connectivity index (χ0) is 12.5. The summed E-state index contributed by atoms with van der Waals surface area (Å²) in [5.74, 6) is 0. The first-order valence-electron chi connectivity index (χ1n) is 4.36. The average molecular weight is 354 g/mol. The van der Waals surface area contributed by atoms with Crippen LogP contribution in [0, 0.1) is 0 Å². The molecule has 4 nitrogen and oxygen atoms in total. The van der Waals surface area contributed by atoms with Crippen LogP contribution in [0.5, 0.6) is 0 Å². The number of nitrogens with zero attached hydrogens (tertiary/aromatic N) is 1. The summed E-state index contributed by atoms with van der Waals surface area (Å²) in [6.45, 7) is 0. The van der Waals surface area contributed by atoms with Crippen LogP contribution in [0.1, 0.15) is 0 Å². The van der Waals surface area contributed by atoms with Gasteiger partial charge in [0, 0.05) is 10.7 Å². The standard InChI is InChI=1S/C9H6BrClN2O2S2/c10-6-4-7(9(11)12-5-6)13-17(14,15)8-2-1-3-16-8/h1-5,13H. The van der Waals surface area contributed by atoms with Crippen LogP contribution in [0.25, 0.3) is 0 Å². The Balaban J connectivity index is 2.36. The van der Waals surface area contributed by atoms with Gasteiger partial charge >= 0.3 is 0 Å². The third-order valence-electron chi connectivity index (χ3n) is 1.81. The minimum absolute atomic E-state index is 0.105. The Kier molecular flexibility index (Phi) is 3.72. The number of halogens is 2. The van der Waals surface area contributed by atoms with Gasteiger partial charge in [-0.15, -0.1) is 11.3 Å². The number of thiophene rings is 1. The molecule has 0 saturated carbocycles. The molecule has 0 radical (unpaired) electrons. The van der Waals surface area contributed by atoms with Gasteiger partial charge in [-0.1, -0.05) is 17.7 Å². The van der Waals surface area contributed by atoms with Crippen molar-refractivity contribution in [2.24, 2.45) is 0 Å². The molecule has 0 aliphatic carbocycles. The van der Waals surface area contributed by atoms with E-state index in [-0.39, 0.29) is 15.0 Å². The van der Waals surface area contributed by atoms with Crippen molar-refractivity contribution in [3.63, 3.8) is 0 Å². The van der Waals surface area contributed by atoms with Gasteiger partial charge < -0.3 is 0 Å². The molecule has 2 aromatic heterocycles. The maximum absolute atomic E-state index is 11.9. The molecule has 2 heterocycles. The molecular weight excluding hydrogens is 348 g/mol. The second-order valence-corrected chi connectivity index (χ2v) is 7.16. The van der Waals surface area contributed by atoms with Gasteiger partial charge in [0.25, 0.3) is 10.0 Å². The maximum atomic E-state index is 11.9. The normalized spacial score (nSPS) is 11.4. The van der Waals surface area contributed by atoms with E-state index in [2.05, 4.69) is 25.6 Å². The molecule has 1 N–H and O–H groups in total. The lowest BCUT2D eigenvalue weighted by Gasteiger charge is -2.07. The van der Waals surface area contributed by atoms with Gasteiger partial charge in [-0.3, -0.25) is 4.72 Å². The van der Waals surface area contributed by atoms with E-state index < -0.39 is 10.0 Å². The molecule has 0 amide bonds. The van der Waals surface area contributed by atoms with Gasteiger partial charge in [0.2, 0.25) is 0 Å². The van der Waals surface area contributed by atoms with Crippen molar-refractivity contribution < 1.29 is 8.42 Å². The third kappa shape index (κ3) is 2.98. The molecule has 0 aromatic carbocycles. The predicted octanol–water partition coefficient (Wildman–Crippen LogP) is 3.36. The molecule has 2 aromatic rings. The molecule has 0 atom stereocenters. The smallest absolute Gasteiger partial charge is 0.271 e. The fourth-order valence-electron chi connectivity index (χ4n) is 1.11. The van der Waals surface area contributed by atoms with Crippen LogP contribution in [-0.4, -0.2) is 13.4 Å². The van der Waals surface area contributed by atoms with Crippen LogP contribution < -0.4 is 4.72 Å². The molecule has 17 heavy (non-hydrogen) atoms. The highest BCUT2D eigenvalue weighted by Gasteiger charge is 2.17. The Morgan fingerprint density at radius 1 is 1.47 bits per heavy atom. The van der Waals surface area contributed by atoms with Gasteiger partial charge in [0.1, 0.15) is 4.21 Å². The molecular formula is C9H6BrClN2O2S2. The topological polar surface area (TPSA) is 59.1 Å².